The Bertz CT molecular complexity index is 324. The van der Waals surface area contributed by atoms with Gasteiger partial charge >= 0.3 is 0 Å². The average molecular weight is 277 g/mol. The molecule has 0 bridgehead atoms. The summed E-state index contributed by atoms with van der Waals surface area (Å²) in [5.41, 5.74) is 0. The van der Waals surface area contributed by atoms with Crippen molar-refractivity contribution in [2.75, 3.05) is 58.3 Å². The highest BCUT2D eigenvalue weighted by Crippen LogP contribution is 1.99. The summed E-state index contributed by atoms with van der Waals surface area (Å²) in [5.74, 6) is 0.224. The molecular weight excluding hydrogens is 250 g/mol. The molecule has 0 amide bonds. The third-order valence-corrected chi connectivity index (χ3v) is 4.40. The number of nitrogens with one attached hydrogen (secondary N) is 1. The van der Waals surface area contributed by atoms with Crippen LogP contribution in [0.4, 0.5) is 0 Å². The van der Waals surface area contributed by atoms with Crippen molar-refractivity contribution in [3.05, 3.63) is 0 Å². The Morgan fingerprint density at radius 3 is 2.39 bits per heavy atom. The van der Waals surface area contributed by atoms with Gasteiger partial charge in [-0.05, 0) is 33.5 Å². The number of nitrogens with zero attached hydrogens (tertiary/aromatic N) is 2. The van der Waals surface area contributed by atoms with Crippen molar-refractivity contribution in [1.29, 1.82) is 0 Å². The highest BCUT2D eigenvalue weighted by atomic mass is 32.2. The van der Waals surface area contributed by atoms with E-state index in [4.69, 9.17) is 0 Å². The van der Waals surface area contributed by atoms with Gasteiger partial charge in [0, 0.05) is 38.5 Å². The van der Waals surface area contributed by atoms with E-state index in [1.807, 2.05) is 6.92 Å². The predicted octanol–water partition coefficient (Wildman–Crippen LogP) is -0.353. The molecule has 1 rings (SSSR count). The summed E-state index contributed by atoms with van der Waals surface area (Å²) in [5, 5.41) is 3.27. The fraction of sp³-hybridized carbons (Fsp3) is 1.00. The second kappa shape index (κ2) is 7.43. The molecule has 0 aromatic heterocycles. The Labute approximate surface area is 111 Å². The van der Waals surface area contributed by atoms with Gasteiger partial charge in [-0.3, -0.25) is 0 Å². The Hall–Kier alpha value is -0.170. The maximum atomic E-state index is 11.1. The lowest BCUT2D eigenvalue weighted by Gasteiger charge is -2.32. The Kier molecular flexibility index (Phi) is 6.55. The van der Waals surface area contributed by atoms with Crippen LogP contribution >= 0.6 is 0 Å². The fourth-order valence-corrected chi connectivity index (χ4v) is 3.26. The normalized spacial score (nSPS) is 21.1. The fourth-order valence-electron chi connectivity index (χ4n) is 2.24. The van der Waals surface area contributed by atoms with E-state index in [9.17, 15) is 8.42 Å². The number of hydrogen-bond acceptors (Lipinski definition) is 5. The molecule has 1 fully saturated rings. The molecule has 0 aromatic rings. The monoisotopic (exact) mass is 277 g/mol. The molecule has 0 aliphatic carbocycles. The van der Waals surface area contributed by atoms with E-state index in [2.05, 4.69) is 22.2 Å². The van der Waals surface area contributed by atoms with Crippen LogP contribution in [0.25, 0.3) is 0 Å². The zero-order chi connectivity index (χ0) is 13.6. The molecule has 1 unspecified atom stereocenters. The molecule has 18 heavy (non-hydrogen) atoms. The summed E-state index contributed by atoms with van der Waals surface area (Å²) in [6.45, 7) is 8.52. The smallest absolute Gasteiger partial charge is 0.148 e. The number of rotatable bonds is 7. The van der Waals surface area contributed by atoms with Crippen LogP contribution in [0.5, 0.6) is 0 Å². The molecule has 1 saturated heterocycles. The topological polar surface area (TPSA) is 52.7 Å². The van der Waals surface area contributed by atoms with Gasteiger partial charge in [0.15, 0.2) is 0 Å². The molecule has 108 valence electrons. The summed E-state index contributed by atoms with van der Waals surface area (Å²) < 4.78 is 22.2. The van der Waals surface area contributed by atoms with E-state index in [1.165, 1.54) is 6.26 Å². The van der Waals surface area contributed by atoms with Crippen LogP contribution in [0, 0.1) is 0 Å². The molecule has 0 radical (unpaired) electrons. The summed E-state index contributed by atoms with van der Waals surface area (Å²) in [7, 11) is -0.707. The standard InChI is InChI=1S/C12H27N3O2S/c1-12(11-18(3,16)17)13-5-4-6-15-9-7-14(2)8-10-15/h12-13H,4-11H2,1-3H3. The van der Waals surface area contributed by atoms with Gasteiger partial charge in [-0.2, -0.15) is 0 Å². The van der Waals surface area contributed by atoms with Gasteiger partial charge in [0.1, 0.15) is 9.84 Å². The Balaban J connectivity index is 2.04. The third kappa shape index (κ3) is 7.31. The second-order valence-corrected chi connectivity index (χ2v) is 7.63. The quantitative estimate of drug-likeness (QED) is 0.645. The molecular formula is C12H27N3O2S. The lowest BCUT2D eigenvalue weighted by atomic mass is 10.3. The third-order valence-electron chi connectivity index (χ3n) is 3.29. The van der Waals surface area contributed by atoms with E-state index in [-0.39, 0.29) is 11.8 Å². The van der Waals surface area contributed by atoms with Crippen molar-refractivity contribution in [3.63, 3.8) is 0 Å². The van der Waals surface area contributed by atoms with Crippen molar-refractivity contribution in [1.82, 2.24) is 15.1 Å². The summed E-state index contributed by atoms with van der Waals surface area (Å²) >= 11 is 0. The van der Waals surface area contributed by atoms with Gasteiger partial charge in [0.05, 0.1) is 5.75 Å². The average Bonchev–Trinajstić information content (AvgIpc) is 2.24. The molecule has 1 N–H and O–H groups in total. The van der Waals surface area contributed by atoms with E-state index in [0.717, 1.165) is 45.7 Å². The van der Waals surface area contributed by atoms with Crippen LogP contribution in [0.1, 0.15) is 13.3 Å². The minimum atomic E-state index is -2.87. The maximum absolute atomic E-state index is 11.1. The van der Waals surface area contributed by atoms with Crippen molar-refractivity contribution >= 4 is 9.84 Å². The zero-order valence-electron chi connectivity index (χ0n) is 11.9. The molecule has 0 aromatic carbocycles. The molecule has 6 heteroatoms. The highest BCUT2D eigenvalue weighted by molar-refractivity contribution is 7.90. The first-order valence-corrected chi connectivity index (χ1v) is 8.75. The van der Waals surface area contributed by atoms with Gasteiger partial charge in [-0.15, -0.1) is 0 Å². The minimum absolute atomic E-state index is 0.0486. The molecule has 1 atom stereocenters. The maximum Gasteiger partial charge on any atom is 0.148 e. The Morgan fingerprint density at radius 2 is 1.83 bits per heavy atom. The molecule has 0 spiro atoms. The van der Waals surface area contributed by atoms with Crippen LogP contribution in [-0.2, 0) is 9.84 Å². The molecule has 1 aliphatic heterocycles. The van der Waals surface area contributed by atoms with E-state index < -0.39 is 9.84 Å². The first kappa shape index (κ1) is 15.9. The lowest BCUT2D eigenvalue weighted by molar-refractivity contribution is 0.152. The first-order chi connectivity index (χ1) is 8.37. The molecule has 1 aliphatic rings. The minimum Gasteiger partial charge on any atom is -0.313 e. The summed E-state index contributed by atoms with van der Waals surface area (Å²) in [4.78, 5) is 4.83. The number of piperazine rings is 1. The van der Waals surface area contributed by atoms with Gasteiger partial charge in [0.2, 0.25) is 0 Å². The number of hydrogen-bond donors (Lipinski definition) is 1. The van der Waals surface area contributed by atoms with Gasteiger partial charge in [-0.25, -0.2) is 8.42 Å². The van der Waals surface area contributed by atoms with Crippen LogP contribution in [0.2, 0.25) is 0 Å². The van der Waals surface area contributed by atoms with Crippen LogP contribution < -0.4 is 5.32 Å². The van der Waals surface area contributed by atoms with Gasteiger partial charge < -0.3 is 15.1 Å². The second-order valence-electron chi connectivity index (χ2n) is 5.45. The lowest BCUT2D eigenvalue weighted by Crippen LogP contribution is -2.45. The van der Waals surface area contributed by atoms with Crippen LogP contribution in [-0.4, -0.2) is 82.6 Å². The SMILES string of the molecule is CC(CS(C)(=O)=O)NCCCN1CCN(C)CC1. The first-order valence-electron chi connectivity index (χ1n) is 6.69. The molecule has 5 nitrogen and oxygen atoms in total. The van der Waals surface area contributed by atoms with Crippen molar-refractivity contribution in [3.8, 4) is 0 Å². The predicted molar refractivity (Wildman–Crippen MR) is 75.7 cm³/mol. The molecule has 0 saturated carbocycles. The largest absolute Gasteiger partial charge is 0.313 e. The van der Waals surface area contributed by atoms with Gasteiger partial charge in [-0.1, -0.05) is 0 Å². The Morgan fingerprint density at radius 1 is 1.22 bits per heavy atom. The summed E-state index contributed by atoms with van der Waals surface area (Å²) in [6, 6.07) is 0.0486. The van der Waals surface area contributed by atoms with Gasteiger partial charge in [0.25, 0.3) is 0 Å². The van der Waals surface area contributed by atoms with Crippen LogP contribution in [0.15, 0.2) is 0 Å². The molecule has 1 heterocycles. The number of likely N-dealkylation sites (N-methyl/N-ethyl adjacent to an activating group) is 1. The highest BCUT2D eigenvalue weighted by Gasteiger charge is 2.13. The van der Waals surface area contributed by atoms with Crippen molar-refractivity contribution < 1.29 is 8.42 Å². The summed E-state index contributed by atoms with van der Waals surface area (Å²) in [6.07, 6.45) is 2.37. The zero-order valence-corrected chi connectivity index (χ0v) is 12.7. The van der Waals surface area contributed by atoms with E-state index in [1.54, 1.807) is 0 Å². The van der Waals surface area contributed by atoms with Crippen molar-refractivity contribution in [2.24, 2.45) is 0 Å². The van der Waals surface area contributed by atoms with Crippen molar-refractivity contribution in [2.45, 2.75) is 19.4 Å². The van der Waals surface area contributed by atoms with E-state index >= 15 is 0 Å². The number of sulfone groups is 1. The van der Waals surface area contributed by atoms with Crippen LogP contribution in [0.3, 0.4) is 0 Å². The van der Waals surface area contributed by atoms with E-state index in [0.29, 0.717) is 0 Å².